The normalized spacial score (nSPS) is 10.5. The molecule has 2 rings (SSSR count). The Morgan fingerprint density at radius 1 is 1.32 bits per heavy atom. The van der Waals surface area contributed by atoms with E-state index in [-0.39, 0.29) is 5.82 Å². The minimum Gasteiger partial charge on any atom is -0.438 e. The molecule has 1 heterocycles. The van der Waals surface area contributed by atoms with E-state index in [9.17, 15) is 4.39 Å². The van der Waals surface area contributed by atoms with Gasteiger partial charge in [-0.1, -0.05) is 13.0 Å². The van der Waals surface area contributed by atoms with Crippen molar-refractivity contribution in [1.29, 1.82) is 0 Å². The molecule has 19 heavy (non-hydrogen) atoms. The number of rotatable bonds is 5. The number of aromatic nitrogens is 1. The number of pyridine rings is 1. The molecule has 1 aromatic carbocycles. The molecule has 0 unspecified atom stereocenters. The topological polar surface area (TPSA) is 34.1 Å². The van der Waals surface area contributed by atoms with E-state index in [0.717, 1.165) is 12.2 Å². The molecule has 100 valence electrons. The lowest BCUT2D eigenvalue weighted by Crippen LogP contribution is -2.12. The molecule has 0 aliphatic rings. The summed E-state index contributed by atoms with van der Waals surface area (Å²) in [5.41, 5.74) is 0.901. The van der Waals surface area contributed by atoms with Gasteiger partial charge >= 0.3 is 0 Å². The summed E-state index contributed by atoms with van der Waals surface area (Å²) in [5, 5.41) is 3.20. The molecular weight excluding hydrogens is 311 g/mol. The predicted octanol–water partition coefficient (Wildman–Crippen LogP) is 3.89. The van der Waals surface area contributed by atoms with Crippen molar-refractivity contribution in [1.82, 2.24) is 10.3 Å². The van der Waals surface area contributed by atoms with E-state index >= 15 is 0 Å². The quantitative estimate of drug-likeness (QED) is 0.906. The maximum absolute atomic E-state index is 13.0. The lowest BCUT2D eigenvalue weighted by molar-refractivity contribution is 0.455. The summed E-state index contributed by atoms with van der Waals surface area (Å²) in [6.45, 7) is 3.62. The Morgan fingerprint density at radius 3 is 2.89 bits per heavy atom. The van der Waals surface area contributed by atoms with Gasteiger partial charge in [0.05, 0.1) is 10.2 Å². The number of ether oxygens (including phenoxy) is 1. The first-order chi connectivity index (χ1) is 9.19. The number of hydrogen-bond donors (Lipinski definition) is 1. The van der Waals surface area contributed by atoms with E-state index in [0.29, 0.717) is 22.6 Å². The molecular formula is C14H14BrFN2O. The largest absolute Gasteiger partial charge is 0.438 e. The van der Waals surface area contributed by atoms with Crippen LogP contribution in [0.1, 0.15) is 12.6 Å². The third-order valence-electron chi connectivity index (χ3n) is 2.45. The van der Waals surface area contributed by atoms with Crippen molar-refractivity contribution in [2.45, 2.75) is 13.5 Å². The van der Waals surface area contributed by atoms with Crippen LogP contribution in [0.2, 0.25) is 0 Å². The van der Waals surface area contributed by atoms with Crippen molar-refractivity contribution in [3.05, 3.63) is 52.4 Å². The maximum Gasteiger partial charge on any atom is 0.219 e. The molecule has 0 saturated heterocycles. The Hall–Kier alpha value is -1.46. The van der Waals surface area contributed by atoms with Crippen molar-refractivity contribution in [2.24, 2.45) is 0 Å². The van der Waals surface area contributed by atoms with Gasteiger partial charge in [0, 0.05) is 12.6 Å². The molecule has 0 spiro atoms. The van der Waals surface area contributed by atoms with Crippen molar-refractivity contribution in [2.75, 3.05) is 6.54 Å². The van der Waals surface area contributed by atoms with Crippen molar-refractivity contribution in [3.8, 4) is 11.6 Å². The highest BCUT2D eigenvalue weighted by atomic mass is 79.9. The number of benzene rings is 1. The van der Waals surface area contributed by atoms with Gasteiger partial charge in [-0.05, 0) is 46.7 Å². The van der Waals surface area contributed by atoms with Gasteiger partial charge in [0.25, 0.3) is 0 Å². The molecule has 3 nitrogen and oxygen atoms in total. The van der Waals surface area contributed by atoms with E-state index in [1.165, 1.54) is 12.1 Å². The third-order valence-corrected chi connectivity index (χ3v) is 3.07. The Morgan fingerprint density at radius 2 is 2.16 bits per heavy atom. The Balaban J connectivity index is 2.14. The average Bonchev–Trinajstić information content (AvgIpc) is 2.40. The minimum atomic E-state index is -0.312. The summed E-state index contributed by atoms with van der Waals surface area (Å²) < 4.78 is 19.2. The molecule has 1 aromatic heterocycles. The highest BCUT2D eigenvalue weighted by molar-refractivity contribution is 9.10. The maximum atomic E-state index is 13.0. The molecule has 0 aliphatic heterocycles. The summed E-state index contributed by atoms with van der Waals surface area (Å²) in [4.78, 5) is 4.37. The van der Waals surface area contributed by atoms with Crippen molar-refractivity contribution >= 4 is 15.9 Å². The Kier molecular flexibility index (Phi) is 4.87. The van der Waals surface area contributed by atoms with E-state index in [1.807, 2.05) is 19.1 Å². The predicted molar refractivity (Wildman–Crippen MR) is 75.8 cm³/mol. The van der Waals surface area contributed by atoms with Crippen LogP contribution in [-0.4, -0.2) is 11.5 Å². The zero-order valence-corrected chi connectivity index (χ0v) is 12.1. The molecule has 0 atom stereocenters. The lowest BCUT2D eigenvalue weighted by atomic mass is 10.3. The lowest BCUT2D eigenvalue weighted by Gasteiger charge is -2.08. The van der Waals surface area contributed by atoms with Crippen LogP contribution in [0.3, 0.4) is 0 Å². The summed E-state index contributed by atoms with van der Waals surface area (Å²) in [6.07, 6.45) is 0. The smallest absolute Gasteiger partial charge is 0.219 e. The van der Waals surface area contributed by atoms with Gasteiger partial charge in [-0.2, -0.15) is 0 Å². The number of halogens is 2. The highest BCUT2D eigenvalue weighted by Gasteiger charge is 2.05. The van der Waals surface area contributed by atoms with Crippen LogP contribution in [0.5, 0.6) is 11.6 Å². The van der Waals surface area contributed by atoms with Gasteiger partial charge in [0.2, 0.25) is 5.88 Å². The number of hydrogen-bond acceptors (Lipinski definition) is 3. The summed E-state index contributed by atoms with van der Waals surface area (Å²) >= 11 is 3.26. The summed E-state index contributed by atoms with van der Waals surface area (Å²) in [5.74, 6) is 0.713. The van der Waals surface area contributed by atoms with E-state index < -0.39 is 0 Å². The third kappa shape index (κ3) is 4.01. The minimum absolute atomic E-state index is 0.312. The second-order valence-corrected chi connectivity index (χ2v) is 4.78. The van der Waals surface area contributed by atoms with Crippen LogP contribution in [-0.2, 0) is 6.54 Å². The molecule has 0 amide bonds. The first-order valence-corrected chi connectivity index (χ1v) is 6.78. The van der Waals surface area contributed by atoms with E-state index in [4.69, 9.17) is 4.74 Å². The van der Waals surface area contributed by atoms with Crippen molar-refractivity contribution in [3.63, 3.8) is 0 Å². The van der Waals surface area contributed by atoms with Gasteiger partial charge in [0.1, 0.15) is 11.6 Å². The SMILES string of the molecule is CCNCc1cccc(Oc2ccc(F)cc2Br)n1. The zero-order chi connectivity index (χ0) is 13.7. The second kappa shape index (κ2) is 6.63. The first kappa shape index (κ1) is 14.0. The fourth-order valence-electron chi connectivity index (χ4n) is 1.54. The van der Waals surface area contributed by atoms with Gasteiger partial charge in [-0.3, -0.25) is 0 Å². The van der Waals surface area contributed by atoms with Gasteiger partial charge in [-0.15, -0.1) is 0 Å². The van der Waals surface area contributed by atoms with Crippen molar-refractivity contribution < 1.29 is 9.13 Å². The van der Waals surface area contributed by atoms with Crippen LogP contribution < -0.4 is 10.1 Å². The molecule has 1 N–H and O–H groups in total. The van der Waals surface area contributed by atoms with Crippen LogP contribution in [0.4, 0.5) is 4.39 Å². The molecule has 0 aliphatic carbocycles. The zero-order valence-electron chi connectivity index (χ0n) is 10.5. The summed E-state index contributed by atoms with van der Waals surface area (Å²) in [6, 6.07) is 9.85. The van der Waals surface area contributed by atoms with E-state index in [2.05, 4.69) is 26.2 Å². The molecule has 0 radical (unpaired) electrons. The molecule has 0 fully saturated rings. The highest BCUT2D eigenvalue weighted by Crippen LogP contribution is 2.29. The van der Waals surface area contributed by atoms with Gasteiger partial charge in [-0.25, -0.2) is 9.37 Å². The number of nitrogens with zero attached hydrogens (tertiary/aromatic N) is 1. The number of nitrogens with one attached hydrogen (secondary N) is 1. The van der Waals surface area contributed by atoms with Crippen LogP contribution >= 0.6 is 15.9 Å². The summed E-state index contributed by atoms with van der Waals surface area (Å²) in [7, 11) is 0. The Labute approximate surface area is 119 Å². The van der Waals surface area contributed by atoms with Crippen LogP contribution in [0.15, 0.2) is 40.9 Å². The fourth-order valence-corrected chi connectivity index (χ4v) is 1.97. The standard InChI is InChI=1S/C14H14BrFN2O/c1-2-17-9-11-4-3-5-14(18-11)19-13-7-6-10(16)8-12(13)15/h3-8,17H,2,9H2,1H3. The van der Waals surface area contributed by atoms with Crippen LogP contribution in [0.25, 0.3) is 0 Å². The fraction of sp³-hybridized carbons (Fsp3) is 0.214. The van der Waals surface area contributed by atoms with Crippen LogP contribution in [0, 0.1) is 5.82 Å². The van der Waals surface area contributed by atoms with Gasteiger partial charge in [0.15, 0.2) is 0 Å². The molecule has 2 aromatic rings. The Bertz CT molecular complexity index is 563. The first-order valence-electron chi connectivity index (χ1n) is 5.98. The van der Waals surface area contributed by atoms with Gasteiger partial charge < -0.3 is 10.1 Å². The second-order valence-electron chi connectivity index (χ2n) is 3.92. The van der Waals surface area contributed by atoms with E-state index in [1.54, 1.807) is 12.1 Å². The average molecular weight is 325 g/mol. The monoisotopic (exact) mass is 324 g/mol. The molecule has 0 saturated carbocycles. The molecule has 0 bridgehead atoms. The molecule has 5 heteroatoms.